The van der Waals surface area contributed by atoms with Gasteiger partial charge in [-0.3, -0.25) is 0 Å². The summed E-state index contributed by atoms with van der Waals surface area (Å²) in [5.41, 5.74) is 6.07. The minimum absolute atomic E-state index is 0.282. The Morgan fingerprint density at radius 2 is 2.38 bits per heavy atom. The SMILES string of the molecule is CCOC(=O)C#Cc1cnc(N)c(OC)c1. The number of rotatable bonds is 2. The van der Waals surface area contributed by atoms with Crippen molar-refractivity contribution in [2.24, 2.45) is 0 Å². The van der Waals surface area contributed by atoms with Crippen molar-refractivity contribution in [3.63, 3.8) is 0 Å². The molecule has 0 aliphatic carbocycles. The topological polar surface area (TPSA) is 74.4 Å². The van der Waals surface area contributed by atoms with Gasteiger partial charge >= 0.3 is 5.97 Å². The first-order chi connectivity index (χ1) is 7.67. The average molecular weight is 220 g/mol. The van der Waals surface area contributed by atoms with Gasteiger partial charge < -0.3 is 15.2 Å². The van der Waals surface area contributed by atoms with Gasteiger partial charge in [0.25, 0.3) is 0 Å². The van der Waals surface area contributed by atoms with E-state index in [9.17, 15) is 4.79 Å². The molecule has 5 heteroatoms. The average Bonchev–Trinajstić information content (AvgIpc) is 2.28. The monoisotopic (exact) mass is 220 g/mol. The molecule has 1 heterocycles. The Hall–Kier alpha value is -2.22. The van der Waals surface area contributed by atoms with Crippen LogP contribution in [0.4, 0.5) is 5.82 Å². The Bertz CT molecular complexity index is 446. The quantitative estimate of drug-likeness (QED) is 0.583. The van der Waals surface area contributed by atoms with Crippen molar-refractivity contribution in [3.8, 4) is 17.6 Å². The van der Waals surface area contributed by atoms with Crippen molar-refractivity contribution in [2.75, 3.05) is 19.5 Å². The van der Waals surface area contributed by atoms with Gasteiger partial charge in [0.2, 0.25) is 0 Å². The second-order valence-electron chi connectivity index (χ2n) is 2.78. The Morgan fingerprint density at radius 3 is 3.00 bits per heavy atom. The second-order valence-corrected chi connectivity index (χ2v) is 2.78. The lowest BCUT2D eigenvalue weighted by atomic mass is 10.2. The van der Waals surface area contributed by atoms with Crippen molar-refractivity contribution in [2.45, 2.75) is 6.92 Å². The third-order valence-electron chi connectivity index (χ3n) is 1.69. The molecule has 0 atom stereocenters. The first-order valence-electron chi connectivity index (χ1n) is 4.65. The molecule has 0 unspecified atom stereocenters. The summed E-state index contributed by atoms with van der Waals surface area (Å²) in [6.45, 7) is 2.02. The van der Waals surface area contributed by atoms with Gasteiger partial charge in [-0.2, -0.15) is 0 Å². The molecule has 0 amide bonds. The van der Waals surface area contributed by atoms with Gasteiger partial charge in [0.05, 0.1) is 13.7 Å². The lowest BCUT2D eigenvalue weighted by Gasteiger charge is -2.02. The number of esters is 1. The van der Waals surface area contributed by atoms with Crippen molar-refractivity contribution in [1.29, 1.82) is 0 Å². The lowest BCUT2D eigenvalue weighted by molar-refractivity contribution is -0.136. The predicted octanol–water partition coefficient (Wildman–Crippen LogP) is 0.587. The number of anilines is 1. The van der Waals surface area contributed by atoms with E-state index in [-0.39, 0.29) is 5.82 Å². The summed E-state index contributed by atoms with van der Waals surface area (Å²) in [7, 11) is 1.48. The number of nitrogen functional groups attached to an aromatic ring is 1. The highest BCUT2D eigenvalue weighted by molar-refractivity contribution is 5.89. The van der Waals surface area contributed by atoms with Crippen LogP contribution < -0.4 is 10.5 Å². The van der Waals surface area contributed by atoms with E-state index in [2.05, 4.69) is 21.6 Å². The van der Waals surface area contributed by atoms with Crippen LogP contribution in [0.3, 0.4) is 0 Å². The summed E-state index contributed by atoms with van der Waals surface area (Å²) < 4.78 is 9.62. The minimum atomic E-state index is -0.571. The van der Waals surface area contributed by atoms with E-state index >= 15 is 0 Å². The van der Waals surface area contributed by atoms with Crippen LogP contribution >= 0.6 is 0 Å². The van der Waals surface area contributed by atoms with Gasteiger partial charge in [0, 0.05) is 23.7 Å². The fourth-order valence-electron chi connectivity index (χ4n) is 0.977. The maximum atomic E-state index is 11.0. The highest BCUT2D eigenvalue weighted by Gasteiger charge is 2.00. The third kappa shape index (κ3) is 3.17. The minimum Gasteiger partial charge on any atom is -0.493 e. The molecule has 5 nitrogen and oxygen atoms in total. The Morgan fingerprint density at radius 1 is 1.62 bits per heavy atom. The fraction of sp³-hybridized carbons (Fsp3) is 0.273. The van der Waals surface area contributed by atoms with Gasteiger partial charge in [-0.1, -0.05) is 5.92 Å². The lowest BCUT2D eigenvalue weighted by Crippen LogP contribution is -2.00. The van der Waals surface area contributed by atoms with E-state index in [0.29, 0.717) is 17.9 Å². The van der Waals surface area contributed by atoms with E-state index in [1.165, 1.54) is 13.3 Å². The van der Waals surface area contributed by atoms with Crippen LogP contribution in [0.25, 0.3) is 0 Å². The number of hydrogen-bond acceptors (Lipinski definition) is 5. The summed E-state index contributed by atoms with van der Waals surface area (Å²) in [4.78, 5) is 14.8. The first-order valence-corrected chi connectivity index (χ1v) is 4.65. The number of aromatic nitrogens is 1. The zero-order valence-corrected chi connectivity index (χ0v) is 9.11. The van der Waals surface area contributed by atoms with Crippen molar-refractivity contribution < 1.29 is 14.3 Å². The molecule has 0 saturated heterocycles. The van der Waals surface area contributed by atoms with Crippen molar-refractivity contribution in [1.82, 2.24) is 4.98 Å². The van der Waals surface area contributed by atoms with Crippen molar-refractivity contribution >= 4 is 11.8 Å². The summed E-state index contributed by atoms with van der Waals surface area (Å²) in [6.07, 6.45) is 1.46. The summed E-state index contributed by atoms with van der Waals surface area (Å²) >= 11 is 0. The van der Waals surface area contributed by atoms with E-state index in [1.807, 2.05) is 0 Å². The molecule has 0 aliphatic rings. The van der Waals surface area contributed by atoms with E-state index in [4.69, 9.17) is 10.5 Å². The zero-order valence-electron chi connectivity index (χ0n) is 9.11. The van der Waals surface area contributed by atoms with Crippen LogP contribution in [0.5, 0.6) is 5.75 Å². The smallest absolute Gasteiger partial charge is 0.384 e. The highest BCUT2D eigenvalue weighted by atomic mass is 16.5. The summed E-state index contributed by atoms with van der Waals surface area (Å²) in [5.74, 6) is 5.07. The molecule has 16 heavy (non-hydrogen) atoms. The normalized spacial score (nSPS) is 8.88. The molecular weight excluding hydrogens is 208 g/mol. The molecule has 0 saturated carbocycles. The van der Waals surface area contributed by atoms with E-state index in [1.54, 1.807) is 13.0 Å². The molecule has 0 fully saturated rings. The number of hydrogen-bond donors (Lipinski definition) is 1. The van der Waals surface area contributed by atoms with Crippen LogP contribution in [-0.4, -0.2) is 24.7 Å². The molecule has 2 N–H and O–H groups in total. The Labute approximate surface area is 93.6 Å². The number of pyridine rings is 1. The number of ether oxygens (including phenoxy) is 2. The number of nitrogens with two attached hydrogens (primary N) is 1. The predicted molar refractivity (Wildman–Crippen MR) is 58.7 cm³/mol. The van der Waals surface area contributed by atoms with Gasteiger partial charge in [-0.15, -0.1) is 0 Å². The van der Waals surface area contributed by atoms with Gasteiger partial charge in [-0.05, 0) is 6.92 Å². The molecule has 0 spiro atoms. The van der Waals surface area contributed by atoms with E-state index in [0.717, 1.165) is 0 Å². The molecule has 1 aromatic heterocycles. The molecule has 1 aromatic rings. The molecule has 84 valence electrons. The van der Waals surface area contributed by atoms with Crippen LogP contribution in [0.2, 0.25) is 0 Å². The number of carbonyl (C=O) groups is 1. The molecule has 0 bridgehead atoms. The zero-order chi connectivity index (χ0) is 12.0. The first kappa shape index (κ1) is 11.9. The molecule has 0 aromatic carbocycles. The second kappa shape index (κ2) is 5.61. The van der Waals surface area contributed by atoms with Crippen molar-refractivity contribution in [3.05, 3.63) is 17.8 Å². The molecule has 0 radical (unpaired) electrons. The number of carbonyl (C=O) groups excluding carboxylic acids is 1. The largest absolute Gasteiger partial charge is 0.493 e. The molecule has 0 aliphatic heterocycles. The fourth-order valence-corrected chi connectivity index (χ4v) is 0.977. The Balaban J connectivity index is 2.85. The summed E-state index contributed by atoms with van der Waals surface area (Å²) in [5, 5.41) is 0. The molecule has 1 rings (SSSR count). The van der Waals surface area contributed by atoms with Gasteiger partial charge in [0.1, 0.15) is 0 Å². The number of methoxy groups -OCH3 is 1. The maximum absolute atomic E-state index is 11.0. The van der Waals surface area contributed by atoms with Gasteiger partial charge in [0.15, 0.2) is 11.6 Å². The van der Waals surface area contributed by atoms with Gasteiger partial charge in [-0.25, -0.2) is 9.78 Å². The maximum Gasteiger partial charge on any atom is 0.384 e. The highest BCUT2D eigenvalue weighted by Crippen LogP contribution is 2.18. The van der Waals surface area contributed by atoms with E-state index < -0.39 is 5.97 Å². The third-order valence-corrected chi connectivity index (χ3v) is 1.69. The number of nitrogens with zero attached hydrogens (tertiary/aromatic N) is 1. The van der Waals surface area contributed by atoms with Crippen LogP contribution in [0, 0.1) is 11.8 Å². The van der Waals surface area contributed by atoms with Crippen LogP contribution in [0.1, 0.15) is 12.5 Å². The Kier molecular flexibility index (Phi) is 4.16. The van der Waals surface area contributed by atoms with Crippen LogP contribution in [-0.2, 0) is 9.53 Å². The van der Waals surface area contributed by atoms with Crippen LogP contribution in [0.15, 0.2) is 12.3 Å². The molecular formula is C11H12N2O3. The standard InChI is InChI=1S/C11H12N2O3/c1-3-16-10(14)5-4-8-6-9(15-2)11(12)13-7-8/h6-7H,3H2,1-2H3,(H2,12,13). The summed E-state index contributed by atoms with van der Waals surface area (Å²) in [6, 6.07) is 1.61.